The van der Waals surface area contributed by atoms with E-state index in [-0.39, 0.29) is 5.56 Å². The molecule has 0 N–H and O–H groups in total. The Hall–Kier alpha value is -3.08. The van der Waals surface area contributed by atoms with Crippen LogP contribution in [0.2, 0.25) is 0 Å². The molecule has 0 atom stereocenters. The summed E-state index contributed by atoms with van der Waals surface area (Å²) >= 11 is 0. The summed E-state index contributed by atoms with van der Waals surface area (Å²) in [5.41, 5.74) is 3.24. The lowest BCUT2D eigenvalue weighted by atomic mass is 10.3. The van der Waals surface area contributed by atoms with Crippen LogP contribution < -0.4 is 10.6 Å². The monoisotopic (exact) mass is 320 g/mol. The molecule has 0 unspecified atom stereocenters. The van der Waals surface area contributed by atoms with E-state index in [4.69, 9.17) is 0 Å². The number of para-hydroxylation sites is 2. The highest BCUT2D eigenvalue weighted by Gasteiger charge is 2.14. The van der Waals surface area contributed by atoms with Gasteiger partial charge in [0.25, 0.3) is 5.56 Å². The maximum Gasteiger partial charge on any atom is 0.274 e. The van der Waals surface area contributed by atoms with Crippen molar-refractivity contribution in [3.05, 3.63) is 82.3 Å². The third kappa shape index (κ3) is 2.88. The molecule has 1 aromatic heterocycles. The Labute approximate surface area is 141 Å². The fourth-order valence-corrected chi connectivity index (χ4v) is 2.65. The lowest BCUT2D eigenvalue weighted by Gasteiger charge is -2.12. The molecule has 3 rings (SSSR count). The van der Waals surface area contributed by atoms with Gasteiger partial charge in [-0.3, -0.25) is 14.5 Å². The number of benzene rings is 2. The molecule has 24 heavy (non-hydrogen) atoms. The highest BCUT2D eigenvalue weighted by molar-refractivity contribution is 5.80. The normalized spacial score (nSPS) is 11.1. The van der Waals surface area contributed by atoms with Gasteiger partial charge in [-0.25, -0.2) is 4.68 Å². The number of aromatic nitrogens is 2. The van der Waals surface area contributed by atoms with E-state index in [1.54, 1.807) is 15.9 Å². The summed E-state index contributed by atoms with van der Waals surface area (Å²) in [5, 5.41) is 6.25. The van der Waals surface area contributed by atoms with Crippen molar-refractivity contribution in [3.8, 4) is 5.69 Å². The predicted molar refractivity (Wildman–Crippen MR) is 98.2 cm³/mol. The maximum atomic E-state index is 12.6. The molecule has 0 fully saturated rings. The molecule has 122 valence electrons. The van der Waals surface area contributed by atoms with Crippen LogP contribution in [0.1, 0.15) is 11.3 Å². The van der Waals surface area contributed by atoms with Crippen molar-refractivity contribution in [1.29, 1.82) is 0 Å². The average molecular weight is 320 g/mol. The van der Waals surface area contributed by atoms with Crippen LogP contribution in [0.15, 0.2) is 70.6 Å². The van der Waals surface area contributed by atoms with Crippen LogP contribution in [0.4, 0.5) is 5.69 Å². The molecule has 0 aliphatic rings. The molecule has 1 heterocycles. The number of anilines is 1. The molecular formula is C19H20N4O. The molecule has 2 aromatic carbocycles. The number of hydrogen-bond acceptors (Lipinski definition) is 3. The summed E-state index contributed by atoms with van der Waals surface area (Å²) in [4.78, 5) is 12.6. The number of hydrogen-bond donors (Lipinski definition) is 0. The van der Waals surface area contributed by atoms with Gasteiger partial charge in [-0.2, -0.15) is 5.10 Å². The molecule has 0 radical (unpaired) electrons. The summed E-state index contributed by atoms with van der Waals surface area (Å²) in [5.74, 6) is 0. The first-order valence-electron chi connectivity index (χ1n) is 7.76. The lowest BCUT2D eigenvalue weighted by Crippen LogP contribution is -2.20. The molecule has 5 heteroatoms. The molecular weight excluding hydrogens is 300 g/mol. The fraction of sp³-hybridized carbons (Fsp3) is 0.158. The minimum atomic E-state index is -0.0347. The molecule has 0 aliphatic heterocycles. The van der Waals surface area contributed by atoms with Crippen molar-refractivity contribution in [1.82, 2.24) is 9.36 Å². The van der Waals surface area contributed by atoms with Gasteiger partial charge >= 0.3 is 0 Å². The van der Waals surface area contributed by atoms with E-state index in [1.165, 1.54) is 0 Å². The molecule has 0 spiro atoms. The van der Waals surface area contributed by atoms with Crippen molar-refractivity contribution >= 4 is 11.9 Å². The van der Waals surface area contributed by atoms with Crippen molar-refractivity contribution in [2.75, 3.05) is 12.1 Å². The zero-order chi connectivity index (χ0) is 17.1. The first-order chi connectivity index (χ1) is 11.6. The Morgan fingerprint density at radius 3 is 2.21 bits per heavy atom. The molecule has 5 nitrogen and oxygen atoms in total. The van der Waals surface area contributed by atoms with E-state index in [0.717, 1.165) is 17.1 Å². The Morgan fingerprint density at radius 2 is 1.58 bits per heavy atom. The average Bonchev–Trinajstić information content (AvgIpc) is 2.83. The minimum absolute atomic E-state index is 0.0347. The van der Waals surface area contributed by atoms with Gasteiger partial charge in [-0.15, -0.1) is 0 Å². The van der Waals surface area contributed by atoms with Gasteiger partial charge in [0, 0.05) is 19.7 Å². The molecule has 0 amide bonds. The van der Waals surface area contributed by atoms with Gasteiger partial charge in [-0.1, -0.05) is 36.4 Å². The largest absolute Gasteiger partial charge is 0.279 e. The Kier molecular flexibility index (Phi) is 4.33. The summed E-state index contributed by atoms with van der Waals surface area (Å²) in [7, 11) is 3.75. The van der Waals surface area contributed by atoms with Crippen molar-refractivity contribution < 1.29 is 0 Å². The zero-order valence-corrected chi connectivity index (χ0v) is 14.0. The quantitative estimate of drug-likeness (QED) is 0.548. The Morgan fingerprint density at radius 1 is 1.00 bits per heavy atom. The Balaban J connectivity index is 1.98. The molecule has 0 saturated carbocycles. The van der Waals surface area contributed by atoms with Gasteiger partial charge in [-0.05, 0) is 31.2 Å². The smallest absolute Gasteiger partial charge is 0.274 e. The van der Waals surface area contributed by atoms with E-state index in [1.807, 2.05) is 86.4 Å². The predicted octanol–water partition coefficient (Wildman–Crippen LogP) is 2.95. The first-order valence-corrected chi connectivity index (χ1v) is 7.76. The third-order valence-electron chi connectivity index (χ3n) is 4.03. The molecule has 0 saturated heterocycles. The van der Waals surface area contributed by atoms with Crippen LogP contribution >= 0.6 is 0 Å². The second kappa shape index (κ2) is 6.58. The van der Waals surface area contributed by atoms with E-state index >= 15 is 0 Å². The second-order valence-corrected chi connectivity index (χ2v) is 5.59. The lowest BCUT2D eigenvalue weighted by molar-refractivity contribution is 0.643. The summed E-state index contributed by atoms with van der Waals surface area (Å²) < 4.78 is 3.48. The first kappa shape index (κ1) is 15.8. The van der Waals surface area contributed by atoms with E-state index in [2.05, 4.69) is 5.10 Å². The molecule has 3 aromatic rings. The molecule has 0 aliphatic carbocycles. The van der Waals surface area contributed by atoms with Gasteiger partial charge in [0.2, 0.25) is 0 Å². The van der Waals surface area contributed by atoms with Crippen molar-refractivity contribution in [3.63, 3.8) is 0 Å². The summed E-state index contributed by atoms with van der Waals surface area (Å²) in [6, 6.07) is 19.5. The van der Waals surface area contributed by atoms with Crippen molar-refractivity contribution in [2.45, 2.75) is 6.92 Å². The van der Waals surface area contributed by atoms with Crippen LogP contribution in [-0.4, -0.2) is 22.6 Å². The van der Waals surface area contributed by atoms with Gasteiger partial charge in [0.05, 0.1) is 23.3 Å². The van der Waals surface area contributed by atoms with Gasteiger partial charge in [0.15, 0.2) is 0 Å². The van der Waals surface area contributed by atoms with Crippen molar-refractivity contribution in [2.24, 2.45) is 12.1 Å². The van der Waals surface area contributed by atoms with E-state index in [0.29, 0.717) is 5.56 Å². The number of rotatable bonds is 4. The summed E-state index contributed by atoms with van der Waals surface area (Å²) in [6.07, 6.45) is 1.73. The van der Waals surface area contributed by atoms with Crippen LogP contribution in [0.3, 0.4) is 0 Å². The fourth-order valence-electron chi connectivity index (χ4n) is 2.65. The van der Waals surface area contributed by atoms with E-state index in [9.17, 15) is 4.79 Å². The molecule has 0 bridgehead atoms. The minimum Gasteiger partial charge on any atom is -0.279 e. The standard InChI is InChI=1S/C19H20N4O/c1-15-18(14-20-21(2)16-10-6-4-7-11-16)22(3)23(19(15)24)17-12-8-5-9-13-17/h4-14H,1-3H3/b20-14-. The topological polar surface area (TPSA) is 42.5 Å². The van der Waals surface area contributed by atoms with Crippen LogP contribution in [0, 0.1) is 6.92 Å². The van der Waals surface area contributed by atoms with Gasteiger partial charge in [0.1, 0.15) is 0 Å². The maximum absolute atomic E-state index is 12.6. The van der Waals surface area contributed by atoms with Gasteiger partial charge < -0.3 is 0 Å². The Bertz CT molecular complexity index is 908. The number of nitrogens with zero attached hydrogens (tertiary/aromatic N) is 4. The van der Waals surface area contributed by atoms with E-state index < -0.39 is 0 Å². The summed E-state index contributed by atoms with van der Waals surface area (Å²) in [6.45, 7) is 1.83. The third-order valence-corrected chi connectivity index (χ3v) is 4.03. The van der Waals surface area contributed by atoms with Crippen LogP contribution in [0.25, 0.3) is 5.69 Å². The number of hydrazone groups is 1. The zero-order valence-electron chi connectivity index (χ0n) is 14.0. The van der Waals surface area contributed by atoms with Crippen LogP contribution in [-0.2, 0) is 7.05 Å². The highest BCUT2D eigenvalue weighted by atomic mass is 16.1. The van der Waals surface area contributed by atoms with Crippen LogP contribution in [0.5, 0.6) is 0 Å². The highest BCUT2D eigenvalue weighted by Crippen LogP contribution is 2.12. The SMILES string of the molecule is Cc1c(/C=N\N(C)c2ccccc2)n(C)n(-c2ccccc2)c1=O. The second-order valence-electron chi connectivity index (χ2n) is 5.59.